The van der Waals surface area contributed by atoms with Gasteiger partial charge in [-0.1, -0.05) is 88.3 Å². The lowest BCUT2D eigenvalue weighted by molar-refractivity contribution is 0.145. The highest BCUT2D eigenvalue weighted by atomic mass is 32.2. The van der Waals surface area contributed by atoms with Crippen molar-refractivity contribution in [1.29, 1.82) is 0 Å². The summed E-state index contributed by atoms with van der Waals surface area (Å²) >= 11 is 1.74. The molecule has 2 aliphatic carbocycles. The maximum absolute atomic E-state index is 6.10. The fourth-order valence-electron chi connectivity index (χ4n) is 2.94. The maximum atomic E-state index is 6.10. The van der Waals surface area contributed by atoms with Gasteiger partial charge in [-0.2, -0.15) is 0 Å². The zero-order valence-electron chi connectivity index (χ0n) is 17.7. The highest BCUT2D eigenvalue weighted by Gasteiger charge is 2.25. The molecule has 0 spiro atoms. The predicted octanol–water partition coefficient (Wildman–Crippen LogP) is 6.52. The topological polar surface area (TPSA) is 21.3 Å². The Balaban J connectivity index is 2.03. The van der Waals surface area contributed by atoms with Gasteiger partial charge in [-0.15, -0.1) is 0 Å². The van der Waals surface area contributed by atoms with E-state index in [9.17, 15) is 0 Å². The van der Waals surface area contributed by atoms with E-state index in [4.69, 9.17) is 4.74 Å². The van der Waals surface area contributed by atoms with Crippen molar-refractivity contribution in [3.8, 4) is 0 Å². The van der Waals surface area contributed by atoms with Crippen LogP contribution in [0.3, 0.4) is 0 Å². The molecule has 0 aromatic rings. The van der Waals surface area contributed by atoms with Crippen LogP contribution in [0.2, 0.25) is 0 Å². The number of allylic oxidation sites excluding steroid dienone is 11. The van der Waals surface area contributed by atoms with E-state index in [0.29, 0.717) is 5.25 Å². The van der Waals surface area contributed by atoms with E-state index >= 15 is 0 Å². The van der Waals surface area contributed by atoms with Gasteiger partial charge in [0.2, 0.25) is 0 Å². The minimum absolute atomic E-state index is 0.120. The molecule has 2 nitrogen and oxygen atoms in total. The Bertz CT molecular complexity index is 682. The Morgan fingerprint density at radius 1 is 1.00 bits per heavy atom. The molecule has 0 fully saturated rings. The second-order valence-electron chi connectivity index (χ2n) is 8.16. The van der Waals surface area contributed by atoms with Gasteiger partial charge in [0, 0.05) is 22.6 Å². The molecule has 2 rings (SSSR count). The molecular weight excluding hydrogens is 350 g/mol. The molecule has 1 N–H and O–H groups in total. The number of ether oxygens (including phenoxy) is 1. The van der Waals surface area contributed by atoms with Crippen LogP contribution < -0.4 is 4.72 Å². The molecule has 27 heavy (non-hydrogen) atoms. The minimum Gasteiger partial charge on any atom is -0.489 e. The summed E-state index contributed by atoms with van der Waals surface area (Å²) in [5, 5.41) is 0.572. The van der Waals surface area contributed by atoms with Crippen molar-refractivity contribution < 1.29 is 4.74 Å². The molecule has 0 amide bonds. The lowest BCUT2D eigenvalue weighted by Crippen LogP contribution is -2.23. The van der Waals surface area contributed by atoms with Crippen LogP contribution >= 0.6 is 11.9 Å². The first-order valence-electron chi connectivity index (χ1n) is 9.99. The number of rotatable bonds is 8. The van der Waals surface area contributed by atoms with E-state index in [-0.39, 0.29) is 16.9 Å². The quantitative estimate of drug-likeness (QED) is 0.480. The Morgan fingerprint density at radius 3 is 2.44 bits per heavy atom. The minimum atomic E-state index is -0.142. The van der Waals surface area contributed by atoms with Crippen LogP contribution in [0.5, 0.6) is 0 Å². The summed E-state index contributed by atoms with van der Waals surface area (Å²) in [4.78, 5) is 0. The molecule has 0 saturated carbocycles. The van der Waals surface area contributed by atoms with E-state index < -0.39 is 0 Å². The first-order chi connectivity index (χ1) is 12.8. The van der Waals surface area contributed by atoms with Gasteiger partial charge in [0.1, 0.15) is 11.9 Å². The average Bonchev–Trinajstić information content (AvgIpc) is 2.92. The van der Waals surface area contributed by atoms with Crippen LogP contribution in [0.15, 0.2) is 72.1 Å². The molecule has 3 heteroatoms. The van der Waals surface area contributed by atoms with Crippen molar-refractivity contribution in [2.45, 2.75) is 59.3 Å². The highest BCUT2D eigenvalue weighted by Crippen LogP contribution is 2.37. The fraction of sp³-hybridized carbons (Fsp3) is 0.500. The summed E-state index contributed by atoms with van der Waals surface area (Å²) in [6.45, 7) is 14.0. The Morgan fingerprint density at radius 2 is 1.74 bits per heavy atom. The maximum Gasteiger partial charge on any atom is 0.119 e. The van der Waals surface area contributed by atoms with Gasteiger partial charge >= 0.3 is 0 Å². The normalized spacial score (nSPS) is 28.6. The second-order valence-corrected chi connectivity index (χ2v) is 9.63. The summed E-state index contributed by atoms with van der Waals surface area (Å²) < 4.78 is 9.48. The van der Waals surface area contributed by atoms with Crippen LogP contribution in [0.1, 0.15) is 48.0 Å². The molecule has 3 atom stereocenters. The Hall–Kier alpha value is -1.45. The van der Waals surface area contributed by atoms with Gasteiger partial charge in [0.15, 0.2) is 0 Å². The number of hydrogen-bond donors (Lipinski definition) is 1. The van der Waals surface area contributed by atoms with Crippen molar-refractivity contribution in [2.24, 2.45) is 10.8 Å². The van der Waals surface area contributed by atoms with Crippen LogP contribution in [-0.4, -0.2) is 17.9 Å². The average molecular weight is 386 g/mol. The molecule has 148 valence electrons. The van der Waals surface area contributed by atoms with Crippen LogP contribution in [-0.2, 0) is 4.74 Å². The first-order valence-corrected chi connectivity index (χ1v) is 10.9. The summed E-state index contributed by atoms with van der Waals surface area (Å²) in [5.41, 5.74) is 1.28. The van der Waals surface area contributed by atoms with Gasteiger partial charge in [-0.3, -0.25) is 4.72 Å². The smallest absolute Gasteiger partial charge is 0.119 e. The zero-order chi connectivity index (χ0) is 19.9. The SMILES string of the molecule is CCC1(C)C=CC=C(C2(C)C=CC=C(OC(C)CNSC(C)C)C=C2)C=C1. The molecule has 0 saturated heterocycles. The Kier molecular flexibility index (Phi) is 7.81. The fourth-order valence-corrected chi connectivity index (χ4v) is 3.61. The molecule has 0 aromatic carbocycles. The number of nitrogens with one attached hydrogen (secondary N) is 1. The van der Waals surface area contributed by atoms with Gasteiger partial charge < -0.3 is 4.74 Å². The van der Waals surface area contributed by atoms with Crippen LogP contribution in [0.4, 0.5) is 0 Å². The zero-order valence-corrected chi connectivity index (χ0v) is 18.5. The van der Waals surface area contributed by atoms with Gasteiger partial charge in [-0.25, -0.2) is 0 Å². The van der Waals surface area contributed by atoms with E-state index in [2.05, 4.69) is 107 Å². The van der Waals surface area contributed by atoms with Crippen molar-refractivity contribution in [3.63, 3.8) is 0 Å². The third-order valence-electron chi connectivity index (χ3n) is 5.10. The third kappa shape index (κ3) is 6.58. The first kappa shape index (κ1) is 21.8. The summed E-state index contributed by atoms with van der Waals surface area (Å²) in [6, 6.07) is 0. The molecule has 2 aliphatic rings. The lowest BCUT2D eigenvalue weighted by Gasteiger charge is -2.24. The van der Waals surface area contributed by atoms with Gasteiger partial charge in [0.25, 0.3) is 0 Å². The molecule has 0 bridgehead atoms. The monoisotopic (exact) mass is 385 g/mol. The largest absolute Gasteiger partial charge is 0.489 e. The Labute approximate surface area is 170 Å². The molecule has 3 unspecified atom stereocenters. The highest BCUT2D eigenvalue weighted by molar-refractivity contribution is 7.97. The lowest BCUT2D eigenvalue weighted by atomic mass is 9.80. The second kappa shape index (κ2) is 9.66. The van der Waals surface area contributed by atoms with E-state index in [1.54, 1.807) is 11.9 Å². The van der Waals surface area contributed by atoms with Crippen molar-refractivity contribution in [3.05, 3.63) is 72.1 Å². The van der Waals surface area contributed by atoms with Crippen molar-refractivity contribution >= 4 is 11.9 Å². The van der Waals surface area contributed by atoms with E-state index in [0.717, 1.165) is 18.7 Å². The van der Waals surface area contributed by atoms with Gasteiger partial charge in [-0.05, 0) is 38.0 Å². The standard InChI is InChI=1S/C24H35NOS/c1-7-23(5)14-8-10-21(12-16-23)24(6)15-9-11-22(13-17-24)26-20(4)18-25-27-19(2)3/h8-17,19-20,25H,7,18H2,1-6H3. The van der Waals surface area contributed by atoms with Crippen molar-refractivity contribution in [2.75, 3.05) is 6.54 Å². The summed E-state index contributed by atoms with van der Waals surface area (Å²) in [6.07, 6.45) is 23.3. The molecule has 0 radical (unpaired) electrons. The number of hydrogen-bond acceptors (Lipinski definition) is 3. The summed E-state index contributed by atoms with van der Waals surface area (Å²) in [7, 11) is 0. The molecule has 0 aromatic heterocycles. The summed E-state index contributed by atoms with van der Waals surface area (Å²) in [5.74, 6) is 0.908. The molecular formula is C24H35NOS. The van der Waals surface area contributed by atoms with E-state index in [1.807, 2.05) is 0 Å². The van der Waals surface area contributed by atoms with Crippen molar-refractivity contribution in [1.82, 2.24) is 4.72 Å². The molecule has 0 aliphatic heterocycles. The van der Waals surface area contributed by atoms with Gasteiger partial charge in [0.05, 0.1) is 0 Å². The van der Waals surface area contributed by atoms with E-state index in [1.165, 1.54) is 5.57 Å². The van der Waals surface area contributed by atoms with Crippen LogP contribution in [0, 0.1) is 10.8 Å². The predicted molar refractivity (Wildman–Crippen MR) is 121 cm³/mol. The van der Waals surface area contributed by atoms with Crippen LogP contribution in [0.25, 0.3) is 0 Å². The third-order valence-corrected chi connectivity index (χ3v) is 5.91. The molecule has 0 heterocycles.